The number of carbonyl (C=O) groups is 3. The summed E-state index contributed by atoms with van der Waals surface area (Å²) < 4.78 is 10.4. The molecule has 0 bridgehead atoms. The lowest BCUT2D eigenvalue weighted by atomic mass is 9.96. The molecule has 0 saturated carbocycles. The molecule has 0 aliphatic rings. The van der Waals surface area contributed by atoms with Crippen LogP contribution in [0, 0.1) is 0 Å². The van der Waals surface area contributed by atoms with Crippen molar-refractivity contribution in [1.82, 2.24) is 10.6 Å². The molecule has 38 heavy (non-hydrogen) atoms. The monoisotopic (exact) mass is 539 g/mol. The minimum Gasteiger partial charge on any atom is -0.495 e. The van der Waals surface area contributed by atoms with Gasteiger partial charge in [0.15, 0.2) is 5.76 Å². The number of hydrogen-bond acceptors (Lipinski definition) is 5. The second kappa shape index (κ2) is 12.2. The lowest BCUT2D eigenvalue weighted by molar-refractivity contribution is -0.127. The van der Waals surface area contributed by atoms with Crippen molar-refractivity contribution in [2.45, 2.75) is 52.1 Å². The lowest BCUT2D eigenvalue weighted by Crippen LogP contribution is -2.51. The fraction of sp³-hybridized carbons (Fsp3) is 0.345. The molecule has 0 aliphatic heterocycles. The molecule has 3 amide bonds. The van der Waals surface area contributed by atoms with E-state index in [1.807, 2.05) is 45.0 Å². The number of nitrogens with zero attached hydrogens (tertiary/aromatic N) is 1. The van der Waals surface area contributed by atoms with Crippen molar-refractivity contribution in [3.05, 3.63) is 82.8 Å². The Morgan fingerprint density at radius 3 is 2.21 bits per heavy atom. The molecule has 1 heterocycles. The lowest BCUT2D eigenvalue weighted by Gasteiger charge is -2.34. The van der Waals surface area contributed by atoms with Crippen LogP contribution in [0.4, 0.5) is 5.69 Å². The van der Waals surface area contributed by atoms with Crippen molar-refractivity contribution in [2.24, 2.45) is 0 Å². The van der Waals surface area contributed by atoms with Gasteiger partial charge in [0, 0.05) is 11.2 Å². The van der Waals surface area contributed by atoms with Gasteiger partial charge in [-0.15, -0.1) is 0 Å². The van der Waals surface area contributed by atoms with Gasteiger partial charge in [-0.3, -0.25) is 19.3 Å². The Hall–Kier alpha value is -3.78. The van der Waals surface area contributed by atoms with E-state index in [0.29, 0.717) is 22.9 Å². The zero-order chi connectivity index (χ0) is 28.0. The summed E-state index contributed by atoms with van der Waals surface area (Å²) in [5.41, 5.74) is 1.51. The van der Waals surface area contributed by atoms with E-state index >= 15 is 0 Å². The Kier molecular flexibility index (Phi) is 9.22. The van der Waals surface area contributed by atoms with Crippen LogP contribution in [-0.2, 0) is 9.59 Å². The predicted molar refractivity (Wildman–Crippen MR) is 148 cm³/mol. The number of ether oxygens (including phenoxy) is 1. The molecule has 202 valence electrons. The largest absolute Gasteiger partial charge is 0.495 e. The van der Waals surface area contributed by atoms with E-state index < -0.39 is 23.4 Å². The zero-order valence-electron chi connectivity index (χ0n) is 22.5. The number of rotatable bonds is 9. The molecule has 0 aliphatic carbocycles. The maximum atomic E-state index is 13.8. The van der Waals surface area contributed by atoms with Gasteiger partial charge in [0.05, 0.1) is 24.9 Å². The van der Waals surface area contributed by atoms with Crippen LogP contribution in [0.2, 0.25) is 5.02 Å². The summed E-state index contributed by atoms with van der Waals surface area (Å²) in [7, 11) is 1.49. The topological polar surface area (TPSA) is 101 Å². The summed E-state index contributed by atoms with van der Waals surface area (Å²) in [6, 6.07) is 14.4. The molecule has 3 rings (SSSR count). The quantitative estimate of drug-likeness (QED) is 0.375. The molecule has 0 saturated heterocycles. The van der Waals surface area contributed by atoms with Gasteiger partial charge >= 0.3 is 0 Å². The maximum absolute atomic E-state index is 13.8. The first-order valence-electron chi connectivity index (χ1n) is 12.3. The first kappa shape index (κ1) is 28.8. The number of halogens is 1. The summed E-state index contributed by atoms with van der Waals surface area (Å²) in [6.45, 7) is 9.37. The molecule has 1 aromatic heterocycles. The zero-order valence-corrected chi connectivity index (χ0v) is 23.3. The van der Waals surface area contributed by atoms with E-state index in [2.05, 4.69) is 24.5 Å². The Bertz CT molecular complexity index is 1260. The molecule has 3 aromatic rings. The minimum atomic E-state index is -1.05. The highest BCUT2D eigenvalue weighted by Crippen LogP contribution is 2.34. The van der Waals surface area contributed by atoms with Crippen molar-refractivity contribution in [3.63, 3.8) is 0 Å². The van der Waals surface area contributed by atoms with Crippen LogP contribution in [0.3, 0.4) is 0 Å². The van der Waals surface area contributed by atoms with Crippen molar-refractivity contribution in [3.8, 4) is 5.75 Å². The van der Waals surface area contributed by atoms with E-state index in [1.54, 1.807) is 24.3 Å². The van der Waals surface area contributed by atoms with Gasteiger partial charge < -0.3 is 19.8 Å². The van der Waals surface area contributed by atoms with Crippen molar-refractivity contribution < 1.29 is 23.5 Å². The minimum absolute atomic E-state index is 0.0724. The third-order valence-corrected chi connectivity index (χ3v) is 6.05. The Morgan fingerprint density at radius 2 is 1.68 bits per heavy atom. The molecule has 8 nitrogen and oxygen atoms in total. The van der Waals surface area contributed by atoms with Crippen molar-refractivity contribution >= 4 is 35.0 Å². The third kappa shape index (κ3) is 7.16. The fourth-order valence-electron chi connectivity index (χ4n) is 3.90. The first-order chi connectivity index (χ1) is 17.9. The van der Waals surface area contributed by atoms with Gasteiger partial charge in [-0.25, -0.2) is 0 Å². The summed E-state index contributed by atoms with van der Waals surface area (Å²) >= 11 is 6.42. The number of anilines is 1. The average Bonchev–Trinajstić information content (AvgIpc) is 3.39. The number of benzene rings is 2. The van der Waals surface area contributed by atoms with Crippen molar-refractivity contribution in [2.75, 3.05) is 18.6 Å². The Morgan fingerprint density at radius 1 is 1.03 bits per heavy atom. The van der Waals surface area contributed by atoms with Crippen LogP contribution in [0.15, 0.2) is 65.3 Å². The summed E-state index contributed by atoms with van der Waals surface area (Å²) in [5, 5.41) is 5.84. The van der Waals surface area contributed by atoms with Crippen LogP contribution >= 0.6 is 11.6 Å². The highest BCUT2D eigenvalue weighted by Gasteiger charge is 2.35. The molecule has 0 unspecified atom stereocenters. The molecule has 0 fully saturated rings. The molecular weight excluding hydrogens is 506 g/mol. The van der Waals surface area contributed by atoms with E-state index in [4.69, 9.17) is 20.8 Å². The van der Waals surface area contributed by atoms with Gasteiger partial charge in [-0.1, -0.05) is 49.7 Å². The Labute approximate surface area is 228 Å². The number of methoxy groups -OCH3 is 1. The second-order valence-electron chi connectivity index (χ2n) is 10.2. The van der Waals surface area contributed by atoms with Gasteiger partial charge in [-0.2, -0.15) is 0 Å². The highest BCUT2D eigenvalue weighted by atomic mass is 35.5. The van der Waals surface area contributed by atoms with Gasteiger partial charge in [0.2, 0.25) is 11.8 Å². The van der Waals surface area contributed by atoms with Crippen molar-refractivity contribution in [1.29, 1.82) is 0 Å². The standard InChI is InChI=1S/C29H34ClN3O5/c1-18(2)19-9-11-20(12-10-19)26(28(36)32-29(3,4)5)33(21-13-14-23(37-6)22(30)16-21)25(34)17-31-27(35)24-8-7-15-38-24/h7-16,18,26H,17H2,1-6H3,(H,31,35)(H,32,36)/t26-/m0/s1. The number of nitrogens with one attached hydrogen (secondary N) is 2. The summed E-state index contributed by atoms with van der Waals surface area (Å²) in [5.74, 6) is -0.663. The molecule has 0 spiro atoms. The summed E-state index contributed by atoms with van der Waals surface area (Å²) in [4.78, 5) is 41.4. The molecule has 9 heteroatoms. The van der Waals surface area contributed by atoms with Crippen LogP contribution in [0.25, 0.3) is 0 Å². The number of furan rings is 1. The molecule has 1 atom stereocenters. The number of carbonyl (C=O) groups excluding carboxylic acids is 3. The fourth-order valence-corrected chi connectivity index (χ4v) is 4.15. The highest BCUT2D eigenvalue weighted by molar-refractivity contribution is 6.32. The Balaban J connectivity index is 2.08. The number of hydrogen-bond donors (Lipinski definition) is 2. The maximum Gasteiger partial charge on any atom is 0.287 e. The van der Waals surface area contributed by atoms with E-state index in [1.165, 1.54) is 24.3 Å². The SMILES string of the molecule is COc1ccc(N(C(=O)CNC(=O)c2ccco2)[C@H](C(=O)NC(C)(C)C)c2ccc(C(C)C)cc2)cc1Cl. The molecule has 2 N–H and O–H groups in total. The first-order valence-corrected chi connectivity index (χ1v) is 12.7. The number of amides is 3. The van der Waals surface area contributed by atoms with Gasteiger partial charge in [-0.05, 0) is 68.1 Å². The molecular formula is C29H34ClN3O5. The third-order valence-electron chi connectivity index (χ3n) is 5.75. The molecule has 2 aromatic carbocycles. The predicted octanol–water partition coefficient (Wildman–Crippen LogP) is 5.48. The van der Waals surface area contributed by atoms with Crippen LogP contribution in [-0.4, -0.2) is 36.9 Å². The van der Waals surface area contributed by atoms with Crippen LogP contribution in [0.5, 0.6) is 5.75 Å². The van der Waals surface area contributed by atoms with Gasteiger partial charge in [0.1, 0.15) is 11.8 Å². The normalized spacial score (nSPS) is 12.1. The van der Waals surface area contributed by atoms with Crippen LogP contribution < -0.4 is 20.3 Å². The second-order valence-corrected chi connectivity index (χ2v) is 10.6. The van der Waals surface area contributed by atoms with E-state index in [9.17, 15) is 14.4 Å². The summed E-state index contributed by atoms with van der Waals surface area (Å²) in [6.07, 6.45) is 1.37. The average molecular weight is 540 g/mol. The van der Waals surface area contributed by atoms with E-state index in [0.717, 1.165) is 5.56 Å². The molecule has 0 radical (unpaired) electrons. The van der Waals surface area contributed by atoms with E-state index in [-0.39, 0.29) is 23.2 Å². The van der Waals surface area contributed by atoms with Gasteiger partial charge in [0.25, 0.3) is 5.91 Å². The van der Waals surface area contributed by atoms with Crippen LogP contribution in [0.1, 0.15) is 68.3 Å². The smallest absolute Gasteiger partial charge is 0.287 e.